The maximum absolute atomic E-state index is 12.2. The van der Waals surface area contributed by atoms with Gasteiger partial charge in [0.05, 0.1) is 16.4 Å². The third-order valence-electron chi connectivity index (χ3n) is 4.42. The molecule has 1 fully saturated rings. The van der Waals surface area contributed by atoms with Crippen molar-refractivity contribution in [1.29, 1.82) is 0 Å². The molecule has 0 unspecified atom stereocenters. The molecule has 0 bridgehead atoms. The fraction of sp³-hybridized carbons (Fsp3) is 0.389. The summed E-state index contributed by atoms with van der Waals surface area (Å²) in [4.78, 5) is 13.4. The van der Waals surface area contributed by atoms with Gasteiger partial charge in [0.25, 0.3) is 5.91 Å². The summed E-state index contributed by atoms with van der Waals surface area (Å²) in [6.07, 6.45) is 0.514. The Kier molecular flexibility index (Phi) is 5.56. The fourth-order valence-electron chi connectivity index (χ4n) is 3.08. The van der Waals surface area contributed by atoms with Gasteiger partial charge < -0.3 is 10.6 Å². The van der Waals surface area contributed by atoms with Crippen LogP contribution in [0.5, 0.6) is 0 Å². The molecular formula is C18H23N2O3S2+. The number of amides is 1. The van der Waals surface area contributed by atoms with Gasteiger partial charge in [0.15, 0.2) is 16.4 Å². The number of nitrogens with one attached hydrogen (secondary N) is 1. The molecule has 134 valence electrons. The summed E-state index contributed by atoms with van der Waals surface area (Å²) in [5.41, 5.74) is 2.36. The number of rotatable bonds is 6. The van der Waals surface area contributed by atoms with Crippen LogP contribution in [0.15, 0.2) is 41.8 Å². The molecular weight excluding hydrogens is 356 g/mol. The standard InChI is InChI=1S/C18H22N2O3S2/c1-13-4-6-14(7-5-13)18(16-3-2-9-24-16)19-11-17(21)20-15-8-10-25(22,23)12-15/h2-7,9,15,18-19H,8,10-12H2,1H3,(H,20,21)/p+1/t15-,18-/m1/s1. The van der Waals surface area contributed by atoms with Crippen molar-refractivity contribution in [1.82, 2.24) is 5.32 Å². The van der Waals surface area contributed by atoms with Crippen LogP contribution in [0.4, 0.5) is 0 Å². The molecule has 25 heavy (non-hydrogen) atoms. The minimum atomic E-state index is -2.98. The Morgan fingerprint density at radius 1 is 1.32 bits per heavy atom. The van der Waals surface area contributed by atoms with Crippen LogP contribution in [0.2, 0.25) is 0 Å². The van der Waals surface area contributed by atoms with E-state index >= 15 is 0 Å². The molecule has 1 amide bonds. The molecule has 2 aromatic rings. The van der Waals surface area contributed by atoms with Crippen LogP contribution < -0.4 is 10.6 Å². The lowest BCUT2D eigenvalue weighted by Gasteiger charge is -2.16. The highest BCUT2D eigenvalue weighted by Gasteiger charge is 2.29. The first kappa shape index (κ1) is 18.1. The quantitative estimate of drug-likeness (QED) is 0.786. The number of sulfone groups is 1. The minimum Gasteiger partial charge on any atom is -0.347 e. The average molecular weight is 380 g/mol. The number of nitrogens with two attached hydrogens (primary N) is 1. The van der Waals surface area contributed by atoms with Gasteiger partial charge in [0, 0.05) is 11.6 Å². The van der Waals surface area contributed by atoms with Crippen LogP contribution in [0, 0.1) is 6.92 Å². The van der Waals surface area contributed by atoms with E-state index in [0.717, 1.165) is 5.56 Å². The SMILES string of the molecule is Cc1ccc([C@@H]([NH2+]CC(=O)N[C@@H]2CCS(=O)(=O)C2)c2cccs2)cc1. The number of benzene rings is 1. The second-order valence-corrected chi connectivity index (χ2v) is 9.72. The highest BCUT2D eigenvalue weighted by molar-refractivity contribution is 7.91. The summed E-state index contributed by atoms with van der Waals surface area (Å²) >= 11 is 1.67. The predicted octanol–water partition coefficient (Wildman–Crippen LogP) is 1.01. The summed E-state index contributed by atoms with van der Waals surface area (Å²) in [6, 6.07) is 12.3. The summed E-state index contributed by atoms with van der Waals surface area (Å²) in [5.74, 6) is 0.115. The molecule has 0 spiro atoms. The van der Waals surface area contributed by atoms with E-state index in [2.05, 4.69) is 42.6 Å². The molecule has 1 aromatic carbocycles. The second-order valence-electron chi connectivity index (χ2n) is 6.51. The lowest BCUT2D eigenvalue weighted by molar-refractivity contribution is -0.676. The van der Waals surface area contributed by atoms with E-state index in [1.807, 2.05) is 16.8 Å². The number of aryl methyl sites for hydroxylation is 1. The molecule has 1 aliphatic rings. The largest absolute Gasteiger partial charge is 0.347 e. The van der Waals surface area contributed by atoms with Crippen molar-refractivity contribution in [2.75, 3.05) is 18.1 Å². The molecule has 3 N–H and O–H groups in total. The van der Waals surface area contributed by atoms with Gasteiger partial charge >= 0.3 is 0 Å². The van der Waals surface area contributed by atoms with E-state index in [1.165, 1.54) is 10.4 Å². The van der Waals surface area contributed by atoms with Crippen molar-refractivity contribution in [2.24, 2.45) is 0 Å². The summed E-state index contributed by atoms with van der Waals surface area (Å²) in [5, 5.41) is 6.89. The molecule has 2 atom stereocenters. The zero-order valence-electron chi connectivity index (χ0n) is 14.1. The van der Waals surface area contributed by atoms with Gasteiger partial charge in [-0.05, 0) is 24.8 Å². The Labute approximate surface area is 152 Å². The summed E-state index contributed by atoms with van der Waals surface area (Å²) < 4.78 is 23.0. The van der Waals surface area contributed by atoms with Gasteiger partial charge in [-0.2, -0.15) is 0 Å². The van der Waals surface area contributed by atoms with Gasteiger partial charge in [-0.3, -0.25) is 4.79 Å². The molecule has 0 aliphatic carbocycles. The van der Waals surface area contributed by atoms with Crippen LogP contribution >= 0.6 is 11.3 Å². The fourth-order valence-corrected chi connectivity index (χ4v) is 5.60. The lowest BCUT2D eigenvalue weighted by Crippen LogP contribution is -2.87. The monoisotopic (exact) mass is 379 g/mol. The van der Waals surface area contributed by atoms with Gasteiger partial charge in [0.1, 0.15) is 6.04 Å². The van der Waals surface area contributed by atoms with Gasteiger partial charge in [-0.15, -0.1) is 11.3 Å². The molecule has 5 nitrogen and oxygen atoms in total. The second kappa shape index (κ2) is 7.68. The van der Waals surface area contributed by atoms with Crippen LogP contribution in [-0.2, 0) is 14.6 Å². The minimum absolute atomic E-state index is 0.0606. The molecule has 0 radical (unpaired) electrons. The third kappa shape index (κ3) is 4.90. The molecule has 3 rings (SSSR count). The molecule has 1 aromatic heterocycles. The Hall–Kier alpha value is -1.70. The van der Waals surface area contributed by atoms with Crippen molar-refractivity contribution in [3.63, 3.8) is 0 Å². The molecule has 7 heteroatoms. The summed E-state index contributed by atoms with van der Waals surface area (Å²) in [7, 11) is -2.98. The normalized spacial score (nSPS) is 20.3. The highest BCUT2D eigenvalue weighted by atomic mass is 32.2. The number of carbonyl (C=O) groups is 1. The van der Waals surface area contributed by atoms with Gasteiger partial charge in [-0.25, -0.2) is 8.42 Å². The molecule has 0 saturated carbocycles. The number of carbonyl (C=O) groups excluding carboxylic acids is 1. The zero-order valence-corrected chi connectivity index (χ0v) is 15.8. The van der Waals surface area contributed by atoms with Crippen LogP contribution in [0.25, 0.3) is 0 Å². The van der Waals surface area contributed by atoms with E-state index in [4.69, 9.17) is 0 Å². The van der Waals surface area contributed by atoms with E-state index in [-0.39, 0.29) is 36.0 Å². The third-order valence-corrected chi connectivity index (χ3v) is 7.15. The molecule has 1 saturated heterocycles. The van der Waals surface area contributed by atoms with Crippen molar-refractivity contribution in [3.05, 3.63) is 57.8 Å². The Bertz CT molecular complexity index is 815. The Morgan fingerprint density at radius 3 is 2.68 bits per heavy atom. The van der Waals surface area contributed by atoms with Crippen LogP contribution in [-0.4, -0.2) is 38.4 Å². The van der Waals surface area contributed by atoms with Crippen molar-refractivity contribution < 1.29 is 18.5 Å². The number of hydrogen-bond donors (Lipinski definition) is 2. The zero-order chi connectivity index (χ0) is 17.9. The topological polar surface area (TPSA) is 79.8 Å². The predicted molar refractivity (Wildman–Crippen MR) is 99.3 cm³/mol. The van der Waals surface area contributed by atoms with E-state index in [9.17, 15) is 13.2 Å². The maximum Gasteiger partial charge on any atom is 0.275 e. The first-order valence-corrected chi connectivity index (χ1v) is 11.1. The smallest absolute Gasteiger partial charge is 0.275 e. The van der Waals surface area contributed by atoms with Crippen molar-refractivity contribution in [3.8, 4) is 0 Å². The van der Waals surface area contributed by atoms with E-state index in [1.54, 1.807) is 11.3 Å². The highest BCUT2D eigenvalue weighted by Crippen LogP contribution is 2.23. The van der Waals surface area contributed by atoms with E-state index < -0.39 is 9.84 Å². The van der Waals surface area contributed by atoms with Gasteiger partial charge in [0.2, 0.25) is 0 Å². The number of hydrogen-bond acceptors (Lipinski definition) is 4. The molecule has 1 aliphatic heterocycles. The van der Waals surface area contributed by atoms with Crippen molar-refractivity contribution >= 4 is 27.1 Å². The Balaban J connectivity index is 1.63. The lowest BCUT2D eigenvalue weighted by atomic mass is 10.0. The van der Waals surface area contributed by atoms with Crippen molar-refractivity contribution in [2.45, 2.75) is 25.4 Å². The first-order chi connectivity index (χ1) is 11.9. The van der Waals surface area contributed by atoms with Crippen LogP contribution in [0.3, 0.4) is 0 Å². The Morgan fingerprint density at radius 2 is 2.08 bits per heavy atom. The number of thiophene rings is 1. The summed E-state index contributed by atoms with van der Waals surface area (Å²) in [6.45, 7) is 2.32. The number of quaternary nitrogens is 1. The maximum atomic E-state index is 12.2. The van der Waals surface area contributed by atoms with Gasteiger partial charge in [-0.1, -0.05) is 35.9 Å². The first-order valence-electron chi connectivity index (χ1n) is 8.36. The average Bonchev–Trinajstić information content (AvgIpc) is 3.19. The van der Waals surface area contributed by atoms with E-state index in [0.29, 0.717) is 6.42 Å². The molecule has 2 heterocycles. The van der Waals surface area contributed by atoms with Crippen LogP contribution in [0.1, 0.15) is 28.5 Å².